The maximum atomic E-state index is 12.8. The summed E-state index contributed by atoms with van der Waals surface area (Å²) in [6.45, 7) is 3.29. The van der Waals surface area contributed by atoms with E-state index < -0.39 is 28.0 Å². The molecule has 9 heteroatoms. The first-order valence-electron chi connectivity index (χ1n) is 9.36. The van der Waals surface area contributed by atoms with Crippen LogP contribution in [0.1, 0.15) is 13.8 Å². The van der Waals surface area contributed by atoms with Crippen molar-refractivity contribution in [1.82, 2.24) is 14.5 Å². The Morgan fingerprint density at radius 2 is 1.87 bits per heavy atom. The molecule has 0 fully saturated rings. The second-order valence-corrected chi connectivity index (χ2v) is 9.27. The fourth-order valence-corrected chi connectivity index (χ4v) is 4.74. The summed E-state index contributed by atoms with van der Waals surface area (Å²) >= 11 is 0. The molecule has 0 amide bonds. The van der Waals surface area contributed by atoms with E-state index in [9.17, 15) is 18.3 Å². The molecule has 156 valence electrons. The highest BCUT2D eigenvalue weighted by atomic mass is 32.2. The Hall–Kier alpha value is -3.17. The molecule has 0 unspecified atom stereocenters. The summed E-state index contributed by atoms with van der Waals surface area (Å²) < 4.78 is 35.5. The van der Waals surface area contributed by atoms with Crippen molar-refractivity contribution in [2.45, 2.75) is 24.8 Å². The highest BCUT2D eigenvalue weighted by Gasteiger charge is 2.28. The summed E-state index contributed by atoms with van der Waals surface area (Å²) in [7, 11) is -2.18. The first-order valence-corrected chi connectivity index (χ1v) is 10.8. The highest BCUT2D eigenvalue weighted by molar-refractivity contribution is 7.89. The van der Waals surface area contributed by atoms with E-state index in [1.165, 1.54) is 12.1 Å². The van der Waals surface area contributed by atoms with Crippen LogP contribution in [-0.2, 0) is 21.9 Å². The number of hydrogen-bond donors (Lipinski definition) is 2. The number of benzene rings is 2. The van der Waals surface area contributed by atoms with Crippen LogP contribution in [0.3, 0.4) is 0 Å². The Balaban J connectivity index is 1.76. The van der Waals surface area contributed by atoms with Gasteiger partial charge in [-0.25, -0.2) is 8.42 Å². The second-order valence-electron chi connectivity index (χ2n) is 7.55. The Morgan fingerprint density at radius 1 is 1.10 bits per heavy atom. The van der Waals surface area contributed by atoms with Crippen molar-refractivity contribution in [3.05, 3.63) is 48.8 Å². The lowest BCUT2D eigenvalue weighted by molar-refractivity contribution is -0.140. The summed E-state index contributed by atoms with van der Waals surface area (Å²) in [6, 6.07) is 8.97. The van der Waals surface area contributed by atoms with Gasteiger partial charge in [-0.3, -0.25) is 9.48 Å². The van der Waals surface area contributed by atoms with E-state index in [-0.39, 0.29) is 4.90 Å². The third-order valence-corrected chi connectivity index (χ3v) is 6.44. The molecule has 0 spiro atoms. The van der Waals surface area contributed by atoms with Crippen LogP contribution in [0.2, 0.25) is 0 Å². The minimum atomic E-state index is -4.02. The van der Waals surface area contributed by atoms with Crippen LogP contribution in [0, 0.1) is 5.92 Å². The topological polar surface area (TPSA) is 114 Å². The second kappa shape index (κ2) is 7.26. The molecule has 1 atom stereocenters. The van der Waals surface area contributed by atoms with Crippen LogP contribution in [0.25, 0.3) is 33.1 Å². The van der Waals surface area contributed by atoms with Gasteiger partial charge in [0.25, 0.3) is 0 Å². The highest BCUT2D eigenvalue weighted by Crippen LogP contribution is 2.33. The van der Waals surface area contributed by atoms with Gasteiger partial charge in [-0.1, -0.05) is 19.9 Å². The molecule has 0 radical (unpaired) electrons. The molecule has 2 aromatic heterocycles. The van der Waals surface area contributed by atoms with Crippen LogP contribution in [-0.4, -0.2) is 35.3 Å². The largest absolute Gasteiger partial charge is 0.480 e. The first-order chi connectivity index (χ1) is 14.2. The fourth-order valence-electron chi connectivity index (χ4n) is 3.38. The van der Waals surface area contributed by atoms with Gasteiger partial charge in [0.05, 0.1) is 11.1 Å². The maximum absolute atomic E-state index is 12.8. The average Bonchev–Trinajstić information content (AvgIpc) is 3.27. The third-order valence-electron chi connectivity index (χ3n) is 5.01. The Bertz CT molecular complexity index is 1370. The number of nitrogens with one attached hydrogen (secondary N) is 1. The summed E-state index contributed by atoms with van der Waals surface area (Å²) in [5, 5.41) is 14.9. The molecule has 0 aliphatic carbocycles. The van der Waals surface area contributed by atoms with E-state index in [0.717, 1.165) is 16.5 Å². The molecule has 8 nitrogen and oxygen atoms in total. The predicted octanol–water partition coefficient (Wildman–Crippen LogP) is 3.37. The minimum absolute atomic E-state index is 0.0130. The normalized spacial score (nSPS) is 13.3. The lowest BCUT2D eigenvalue weighted by Crippen LogP contribution is -2.44. The summed E-state index contributed by atoms with van der Waals surface area (Å²) in [5.74, 6) is -1.62. The average molecular weight is 427 g/mol. The third kappa shape index (κ3) is 3.57. The molecule has 0 saturated heterocycles. The zero-order valence-corrected chi connectivity index (χ0v) is 17.5. The number of hydrogen-bond acceptors (Lipinski definition) is 5. The van der Waals surface area contributed by atoms with Crippen molar-refractivity contribution in [3.63, 3.8) is 0 Å². The van der Waals surface area contributed by atoms with Crippen LogP contribution in [0.5, 0.6) is 0 Å². The summed E-state index contributed by atoms with van der Waals surface area (Å²) in [4.78, 5) is 11.4. The number of aromatic nitrogens is 2. The minimum Gasteiger partial charge on any atom is -0.480 e. The van der Waals surface area contributed by atoms with Crippen LogP contribution >= 0.6 is 0 Å². The number of nitrogens with zero attached hydrogens (tertiary/aromatic N) is 2. The molecule has 4 rings (SSSR count). The molecular formula is C21H21N3O5S. The number of carboxylic acid groups (broad SMARTS) is 1. The van der Waals surface area contributed by atoms with Gasteiger partial charge in [-0.05, 0) is 41.8 Å². The van der Waals surface area contributed by atoms with Crippen molar-refractivity contribution in [2.75, 3.05) is 0 Å². The van der Waals surface area contributed by atoms with E-state index in [2.05, 4.69) is 9.82 Å². The Labute approximate surface area is 173 Å². The number of aryl methyl sites for hydroxylation is 1. The van der Waals surface area contributed by atoms with Gasteiger partial charge in [-0.2, -0.15) is 9.82 Å². The van der Waals surface area contributed by atoms with Gasteiger partial charge < -0.3 is 9.52 Å². The van der Waals surface area contributed by atoms with Gasteiger partial charge in [-0.15, -0.1) is 0 Å². The zero-order valence-electron chi connectivity index (χ0n) is 16.7. The number of rotatable bonds is 6. The van der Waals surface area contributed by atoms with Gasteiger partial charge in [0, 0.05) is 29.6 Å². The smallest absolute Gasteiger partial charge is 0.322 e. The first kappa shape index (κ1) is 20.1. The van der Waals surface area contributed by atoms with Crippen molar-refractivity contribution in [1.29, 1.82) is 0 Å². The molecule has 0 aliphatic heterocycles. The molecule has 2 heterocycles. The van der Waals surface area contributed by atoms with Crippen LogP contribution < -0.4 is 4.72 Å². The SMILES string of the molecule is CC(C)[C@@H](NS(=O)(=O)c1ccc2oc3cc(-c4cnn(C)c4)ccc3c2c1)C(=O)O. The van der Waals surface area contributed by atoms with E-state index in [1.807, 2.05) is 31.4 Å². The number of aliphatic carboxylic acids is 1. The number of furan rings is 1. The molecular weight excluding hydrogens is 406 g/mol. The van der Waals surface area contributed by atoms with Gasteiger partial charge in [0.2, 0.25) is 10.0 Å². The number of fused-ring (bicyclic) bond motifs is 3. The van der Waals surface area contributed by atoms with Gasteiger partial charge in [0.1, 0.15) is 17.2 Å². The molecule has 0 saturated carbocycles. The van der Waals surface area contributed by atoms with Gasteiger partial charge >= 0.3 is 5.97 Å². The van der Waals surface area contributed by atoms with E-state index in [1.54, 1.807) is 30.8 Å². The number of sulfonamides is 1. The molecule has 2 N–H and O–H groups in total. The van der Waals surface area contributed by atoms with Crippen molar-refractivity contribution < 1.29 is 22.7 Å². The quantitative estimate of drug-likeness (QED) is 0.488. The summed E-state index contributed by atoms with van der Waals surface area (Å²) in [6.07, 6.45) is 3.65. The molecule has 0 aliphatic rings. The maximum Gasteiger partial charge on any atom is 0.322 e. The summed E-state index contributed by atoms with van der Waals surface area (Å²) in [5.41, 5.74) is 3.05. The Morgan fingerprint density at radius 3 is 2.50 bits per heavy atom. The zero-order chi connectivity index (χ0) is 21.6. The standard InChI is InChI=1S/C21H21N3O5S/c1-12(2)20(21(25)26)23-30(27,28)15-5-7-18-17(9-15)16-6-4-13(8-19(16)29-18)14-10-22-24(3)11-14/h4-12,20,23H,1-3H3,(H,25,26)/t20-/m1/s1. The van der Waals surface area contributed by atoms with Crippen LogP contribution in [0.15, 0.2) is 58.1 Å². The monoisotopic (exact) mass is 427 g/mol. The lowest BCUT2D eigenvalue weighted by Gasteiger charge is -2.17. The number of carboxylic acids is 1. The molecule has 30 heavy (non-hydrogen) atoms. The van der Waals surface area contributed by atoms with E-state index in [0.29, 0.717) is 16.6 Å². The van der Waals surface area contributed by atoms with Crippen molar-refractivity contribution in [2.24, 2.45) is 13.0 Å². The van der Waals surface area contributed by atoms with Crippen molar-refractivity contribution in [3.8, 4) is 11.1 Å². The molecule has 4 aromatic rings. The fraction of sp³-hybridized carbons (Fsp3) is 0.238. The predicted molar refractivity (Wildman–Crippen MR) is 113 cm³/mol. The van der Waals surface area contributed by atoms with E-state index in [4.69, 9.17) is 4.42 Å². The van der Waals surface area contributed by atoms with E-state index >= 15 is 0 Å². The van der Waals surface area contributed by atoms with Crippen molar-refractivity contribution >= 4 is 37.9 Å². The lowest BCUT2D eigenvalue weighted by atomic mass is 10.1. The molecule has 2 aromatic carbocycles. The van der Waals surface area contributed by atoms with Gasteiger partial charge in [0.15, 0.2) is 0 Å². The van der Waals surface area contributed by atoms with Crippen LogP contribution in [0.4, 0.5) is 0 Å². The Kier molecular flexibility index (Phi) is 4.87. The molecule has 0 bridgehead atoms. The number of carbonyl (C=O) groups is 1.